The van der Waals surface area contributed by atoms with E-state index >= 15 is 0 Å². The van der Waals surface area contributed by atoms with Crippen LogP contribution in [0.4, 0.5) is 0 Å². The smallest absolute Gasteiger partial charge is 0.191 e. The van der Waals surface area contributed by atoms with Crippen LogP contribution in [-0.2, 0) is 15.8 Å². The fourth-order valence-electron chi connectivity index (χ4n) is 6.30. The highest BCUT2D eigenvalue weighted by molar-refractivity contribution is 6.74. The van der Waals surface area contributed by atoms with E-state index in [1.54, 1.807) is 7.11 Å². The lowest BCUT2D eigenvalue weighted by molar-refractivity contribution is -0.133. The Hall–Kier alpha value is -1.66. The molecule has 3 rings (SSSR count). The first kappa shape index (κ1) is 29.9. The third kappa shape index (κ3) is 5.43. The van der Waals surface area contributed by atoms with Crippen LogP contribution in [0.25, 0.3) is 0 Å². The number of hydrogen-bond acceptors (Lipinski definition) is 4. The minimum atomic E-state index is -1.74. The van der Waals surface area contributed by atoms with E-state index in [2.05, 4.69) is 60.9 Å². The predicted octanol–water partition coefficient (Wildman–Crippen LogP) is 7.85. The Balaban J connectivity index is 1.72. The molecule has 4 nitrogen and oxygen atoms in total. The first-order valence-electron chi connectivity index (χ1n) is 13.8. The summed E-state index contributed by atoms with van der Waals surface area (Å²) in [6, 6.07) is 7.92. The topological polar surface area (TPSA) is 47.9 Å². The molecule has 0 unspecified atom stereocenters. The standard InChI is InChI=1S/C32H50O4Si/c1-11-31-20-19-27(30(31,6)7)28(35-23-25-14-16-26(34-8)17-15-25)32(31,33)21-18-24(2)13-12-22-36-37(9,10)29(3,4)5/h11,14-18,21,27-28,33H,1-2,12-13,19-20,22-23H2,3-10H3/b21-18-/t27-,28-,31-,32+/m0/s1. The van der Waals surface area contributed by atoms with E-state index < -0.39 is 19.3 Å². The summed E-state index contributed by atoms with van der Waals surface area (Å²) in [4.78, 5) is 0. The van der Waals surface area contributed by atoms with Crippen molar-refractivity contribution in [2.24, 2.45) is 16.7 Å². The molecule has 37 heavy (non-hydrogen) atoms. The van der Waals surface area contributed by atoms with Gasteiger partial charge in [0.2, 0.25) is 0 Å². The average molecular weight is 527 g/mol. The fourth-order valence-corrected chi connectivity index (χ4v) is 7.39. The van der Waals surface area contributed by atoms with Crippen molar-refractivity contribution < 1.29 is 19.0 Å². The molecular formula is C32H50O4Si. The predicted molar refractivity (Wildman–Crippen MR) is 156 cm³/mol. The van der Waals surface area contributed by atoms with E-state index in [-0.39, 0.29) is 22.5 Å². The van der Waals surface area contributed by atoms with Crippen molar-refractivity contribution in [2.75, 3.05) is 13.7 Å². The van der Waals surface area contributed by atoms with Crippen LogP contribution in [0.3, 0.4) is 0 Å². The summed E-state index contributed by atoms with van der Waals surface area (Å²) in [5.41, 5.74) is 0.343. The number of hydrogen-bond donors (Lipinski definition) is 1. The Kier molecular flexibility index (Phi) is 8.75. The summed E-state index contributed by atoms with van der Waals surface area (Å²) < 4.78 is 18.2. The minimum Gasteiger partial charge on any atom is -0.497 e. The van der Waals surface area contributed by atoms with E-state index in [1.807, 2.05) is 42.5 Å². The summed E-state index contributed by atoms with van der Waals surface area (Å²) in [5, 5.41) is 12.6. The molecular weight excluding hydrogens is 476 g/mol. The second-order valence-corrected chi connectivity index (χ2v) is 18.0. The van der Waals surface area contributed by atoms with Crippen LogP contribution in [0.1, 0.15) is 65.9 Å². The number of methoxy groups -OCH3 is 1. The largest absolute Gasteiger partial charge is 0.497 e. The van der Waals surface area contributed by atoms with Gasteiger partial charge in [-0.2, -0.15) is 0 Å². The van der Waals surface area contributed by atoms with E-state index in [1.165, 1.54) is 0 Å². The van der Waals surface area contributed by atoms with Crippen molar-refractivity contribution in [1.82, 2.24) is 0 Å². The van der Waals surface area contributed by atoms with Crippen molar-refractivity contribution in [2.45, 2.75) is 96.7 Å². The first-order valence-corrected chi connectivity index (χ1v) is 16.7. The van der Waals surface area contributed by atoms with Crippen LogP contribution in [0, 0.1) is 16.7 Å². The Labute approximate surface area is 226 Å². The van der Waals surface area contributed by atoms with Crippen molar-refractivity contribution in [3.05, 3.63) is 66.8 Å². The maximum absolute atomic E-state index is 12.3. The molecule has 2 saturated carbocycles. The molecule has 1 aromatic rings. The van der Waals surface area contributed by atoms with Crippen molar-refractivity contribution in [1.29, 1.82) is 0 Å². The molecule has 2 aliphatic carbocycles. The molecule has 0 spiro atoms. The Morgan fingerprint density at radius 2 is 1.84 bits per heavy atom. The maximum Gasteiger partial charge on any atom is 0.191 e. The van der Waals surface area contributed by atoms with Gasteiger partial charge in [0.05, 0.1) is 19.8 Å². The Morgan fingerprint density at radius 1 is 1.19 bits per heavy atom. The number of rotatable bonds is 12. The monoisotopic (exact) mass is 526 g/mol. The van der Waals surface area contributed by atoms with Gasteiger partial charge in [0.15, 0.2) is 8.32 Å². The van der Waals surface area contributed by atoms with Crippen LogP contribution >= 0.6 is 0 Å². The lowest BCUT2D eigenvalue weighted by Crippen LogP contribution is -2.53. The van der Waals surface area contributed by atoms with Crippen LogP contribution in [-0.4, -0.2) is 38.8 Å². The van der Waals surface area contributed by atoms with Crippen LogP contribution in [0.5, 0.6) is 5.75 Å². The molecule has 0 saturated heterocycles. The highest BCUT2D eigenvalue weighted by Gasteiger charge is 2.74. The van der Waals surface area contributed by atoms with Gasteiger partial charge in [0.1, 0.15) is 11.4 Å². The number of fused-ring (bicyclic) bond motifs is 2. The molecule has 2 bridgehead atoms. The Bertz CT molecular complexity index is 987. The third-order valence-corrected chi connectivity index (χ3v) is 14.4. The quantitative estimate of drug-likeness (QED) is 0.130. The molecule has 1 N–H and O–H groups in total. The third-order valence-electron chi connectivity index (χ3n) is 9.86. The molecule has 5 heteroatoms. The van der Waals surface area contributed by atoms with Gasteiger partial charge in [-0.05, 0) is 78.9 Å². The van der Waals surface area contributed by atoms with Crippen LogP contribution in [0.2, 0.25) is 18.1 Å². The summed E-state index contributed by atoms with van der Waals surface area (Å²) >= 11 is 0. The van der Waals surface area contributed by atoms with Gasteiger partial charge < -0.3 is 19.0 Å². The highest BCUT2D eigenvalue weighted by Crippen LogP contribution is 2.71. The van der Waals surface area contributed by atoms with Gasteiger partial charge in [-0.3, -0.25) is 0 Å². The number of benzene rings is 1. The van der Waals surface area contributed by atoms with Gasteiger partial charge in [-0.15, -0.1) is 6.58 Å². The molecule has 206 valence electrons. The summed E-state index contributed by atoms with van der Waals surface area (Å²) in [6.07, 6.45) is 9.34. The molecule has 0 radical (unpaired) electrons. The van der Waals surface area contributed by atoms with E-state index in [0.29, 0.717) is 6.61 Å². The zero-order chi connectivity index (χ0) is 27.7. The van der Waals surface area contributed by atoms with Crippen molar-refractivity contribution in [3.8, 4) is 5.75 Å². The molecule has 0 heterocycles. The van der Waals surface area contributed by atoms with E-state index in [0.717, 1.165) is 49.2 Å². The van der Waals surface area contributed by atoms with E-state index in [4.69, 9.17) is 13.9 Å². The SMILES string of the molecule is C=C[C@@]12CC[C@@H]([C@H](OCc3ccc(OC)cc3)[C@]1(O)/C=C\C(=C)CCCO[Si](C)(C)C(C)(C)C)C2(C)C. The number of ether oxygens (including phenoxy) is 2. The van der Waals surface area contributed by atoms with Crippen LogP contribution in [0.15, 0.2) is 61.2 Å². The molecule has 0 amide bonds. The second kappa shape index (κ2) is 10.8. The number of allylic oxidation sites excluding steroid dienone is 2. The molecule has 1 aromatic carbocycles. The van der Waals surface area contributed by atoms with Crippen molar-refractivity contribution >= 4 is 8.32 Å². The Morgan fingerprint density at radius 3 is 2.41 bits per heavy atom. The maximum atomic E-state index is 12.3. The molecule has 0 aliphatic heterocycles. The van der Waals surface area contributed by atoms with Crippen molar-refractivity contribution in [3.63, 3.8) is 0 Å². The lowest BCUT2D eigenvalue weighted by Gasteiger charge is -2.46. The normalized spacial score (nSPS) is 29.1. The summed E-state index contributed by atoms with van der Waals surface area (Å²) in [5.74, 6) is 1.06. The van der Waals surface area contributed by atoms with E-state index in [9.17, 15) is 5.11 Å². The van der Waals surface area contributed by atoms with Gasteiger partial charge in [-0.1, -0.05) is 71.1 Å². The fraction of sp³-hybridized carbons (Fsp3) is 0.625. The summed E-state index contributed by atoms with van der Waals surface area (Å²) in [6.45, 7) is 25.6. The van der Waals surface area contributed by atoms with Gasteiger partial charge >= 0.3 is 0 Å². The average Bonchev–Trinajstić information content (AvgIpc) is 3.17. The van der Waals surface area contributed by atoms with Crippen LogP contribution < -0.4 is 4.74 Å². The molecule has 2 aliphatic rings. The number of aliphatic hydroxyl groups is 1. The zero-order valence-electron chi connectivity index (χ0n) is 24.5. The lowest BCUT2D eigenvalue weighted by atomic mass is 9.62. The molecule has 0 aromatic heterocycles. The molecule has 4 atom stereocenters. The van der Waals surface area contributed by atoms with Gasteiger partial charge in [-0.25, -0.2) is 0 Å². The highest BCUT2D eigenvalue weighted by atomic mass is 28.4. The zero-order valence-corrected chi connectivity index (χ0v) is 25.5. The first-order chi connectivity index (χ1) is 17.1. The van der Waals surface area contributed by atoms with Gasteiger partial charge in [0.25, 0.3) is 0 Å². The summed E-state index contributed by atoms with van der Waals surface area (Å²) in [7, 11) is -0.0769. The minimum absolute atomic E-state index is 0.128. The molecule has 2 fully saturated rings. The van der Waals surface area contributed by atoms with Gasteiger partial charge in [0, 0.05) is 12.0 Å². The second-order valence-electron chi connectivity index (χ2n) is 13.2.